The standard InChI is InChI=1S/C123H96N6/c1-121(2,3)91-61-64-124-109(76-91)85-49-55-103(118(73-85)127-112-46-28-25-43-100(112)106-70-82(52-58-115(106)127)79-31-13-10-14-32-79)97-40-22-19-37-94(97)88-67-89(95-38-20-23-41-98(95)104-56-50-86(110-77-92(62-65-125-110)122(4,5)6)74-119(104)128-113-47-29-26-44-101(113)107-71-83(53-59-116(107)128)80-33-15-11-16-34-80)69-90(68-88)96-39-21-24-42-99(96)105-57-51-87(111-78-93(63-66-126-111)123(7,8)9)75-120(105)129-114-48-30-27-45-102(114)108-72-84(54-60-117(108)129)81-35-17-12-18-36-81/h10-78H,1-9H3. The van der Waals surface area contributed by atoms with E-state index in [-0.39, 0.29) is 16.2 Å². The first-order valence-electron chi connectivity index (χ1n) is 44.9. The summed E-state index contributed by atoms with van der Waals surface area (Å²) in [4.78, 5) is 15.5. The molecular weight excluding hydrogens is 1560 g/mol. The Morgan fingerprint density at radius 2 is 0.403 bits per heavy atom. The summed E-state index contributed by atoms with van der Waals surface area (Å²) in [6.45, 7) is 20.5. The van der Waals surface area contributed by atoms with Crippen LogP contribution in [0.25, 0.3) is 216 Å². The molecule has 6 heterocycles. The van der Waals surface area contributed by atoms with Crippen LogP contribution in [-0.2, 0) is 16.2 Å². The van der Waals surface area contributed by atoms with Crippen molar-refractivity contribution in [2.75, 3.05) is 0 Å². The molecule has 618 valence electrons. The first-order valence-corrected chi connectivity index (χ1v) is 44.9. The van der Waals surface area contributed by atoms with Crippen LogP contribution in [0.15, 0.2) is 419 Å². The molecule has 6 nitrogen and oxygen atoms in total. The van der Waals surface area contributed by atoms with Crippen molar-refractivity contribution in [1.82, 2.24) is 28.7 Å². The van der Waals surface area contributed by atoms with E-state index in [4.69, 9.17) is 15.0 Å². The summed E-state index contributed by atoms with van der Waals surface area (Å²) in [5.74, 6) is 0. The highest BCUT2D eigenvalue weighted by Gasteiger charge is 2.28. The Kier molecular flexibility index (Phi) is 19.5. The Labute approximate surface area is 754 Å². The van der Waals surface area contributed by atoms with Crippen molar-refractivity contribution in [2.24, 2.45) is 0 Å². The molecule has 6 heteroatoms. The molecule has 0 fully saturated rings. The second-order valence-corrected chi connectivity index (χ2v) is 37.5. The summed E-state index contributed by atoms with van der Waals surface area (Å²) in [5, 5.41) is 7.07. The van der Waals surface area contributed by atoms with Crippen molar-refractivity contribution >= 4 is 65.4 Å². The molecule has 22 aromatic rings. The van der Waals surface area contributed by atoms with Crippen molar-refractivity contribution in [3.63, 3.8) is 0 Å². The van der Waals surface area contributed by atoms with Crippen LogP contribution in [0.1, 0.15) is 79.0 Å². The van der Waals surface area contributed by atoms with Crippen molar-refractivity contribution in [2.45, 2.75) is 78.6 Å². The lowest BCUT2D eigenvalue weighted by Crippen LogP contribution is -2.11. The molecule has 0 saturated carbocycles. The lowest BCUT2D eigenvalue weighted by atomic mass is 9.85. The maximum Gasteiger partial charge on any atom is 0.0705 e. The van der Waals surface area contributed by atoms with E-state index in [2.05, 4.69) is 476 Å². The zero-order valence-corrected chi connectivity index (χ0v) is 74.0. The molecule has 0 N–H and O–H groups in total. The Bertz CT molecular complexity index is 7390. The van der Waals surface area contributed by atoms with Gasteiger partial charge in [-0.25, -0.2) is 0 Å². The van der Waals surface area contributed by atoms with Gasteiger partial charge in [0, 0.05) is 84.3 Å². The molecule has 0 atom stereocenters. The number of nitrogens with zero attached hydrogens (tertiary/aromatic N) is 6. The Hall–Kier alpha value is -15.6. The fourth-order valence-electron chi connectivity index (χ4n) is 19.6. The van der Waals surface area contributed by atoms with Crippen LogP contribution in [0.2, 0.25) is 0 Å². The van der Waals surface area contributed by atoms with Gasteiger partial charge in [-0.2, -0.15) is 0 Å². The van der Waals surface area contributed by atoms with E-state index >= 15 is 0 Å². The van der Waals surface area contributed by atoms with Crippen molar-refractivity contribution in [3.8, 4) is 151 Å². The third-order valence-corrected chi connectivity index (χ3v) is 26.3. The van der Waals surface area contributed by atoms with Crippen LogP contribution in [0, 0.1) is 0 Å². The first-order chi connectivity index (χ1) is 62.9. The van der Waals surface area contributed by atoms with Gasteiger partial charge < -0.3 is 13.7 Å². The normalized spacial score (nSPS) is 12.1. The molecule has 0 aliphatic heterocycles. The minimum Gasteiger partial charge on any atom is -0.309 e. The van der Waals surface area contributed by atoms with Gasteiger partial charge in [-0.1, -0.05) is 335 Å². The highest BCUT2D eigenvalue weighted by Crippen LogP contribution is 2.50. The molecule has 22 rings (SSSR count). The number of para-hydroxylation sites is 3. The minimum atomic E-state index is -0.106. The zero-order valence-electron chi connectivity index (χ0n) is 74.0. The fourth-order valence-corrected chi connectivity index (χ4v) is 19.6. The van der Waals surface area contributed by atoms with Crippen LogP contribution in [0.5, 0.6) is 0 Å². The monoisotopic (exact) mass is 1660 g/mol. The summed E-state index contributed by atoms with van der Waals surface area (Å²) in [6.07, 6.45) is 5.93. The van der Waals surface area contributed by atoms with E-state index in [1.54, 1.807) is 0 Å². The van der Waals surface area contributed by atoms with Gasteiger partial charge >= 0.3 is 0 Å². The van der Waals surface area contributed by atoms with Gasteiger partial charge in [0.15, 0.2) is 0 Å². The largest absolute Gasteiger partial charge is 0.309 e. The van der Waals surface area contributed by atoms with E-state index in [0.29, 0.717) is 0 Å². The first kappa shape index (κ1) is 79.3. The molecule has 0 spiro atoms. The summed E-state index contributed by atoms with van der Waals surface area (Å²) in [6, 6.07) is 149. The maximum absolute atomic E-state index is 5.18. The average molecular weight is 1660 g/mol. The molecule has 0 amide bonds. The predicted octanol–water partition coefficient (Wildman–Crippen LogP) is 33.1. The van der Waals surface area contributed by atoms with Crippen LogP contribution in [0.4, 0.5) is 0 Å². The maximum atomic E-state index is 5.18. The number of benzene rings is 16. The van der Waals surface area contributed by atoms with Crippen molar-refractivity contribution in [3.05, 3.63) is 436 Å². The number of aromatic nitrogens is 6. The van der Waals surface area contributed by atoms with Gasteiger partial charge in [0.1, 0.15) is 0 Å². The van der Waals surface area contributed by atoms with Crippen LogP contribution in [-0.4, -0.2) is 28.7 Å². The topological polar surface area (TPSA) is 53.5 Å². The van der Waals surface area contributed by atoms with Crippen molar-refractivity contribution < 1.29 is 0 Å². The second-order valence-electron chi connectivity index (χ2n) is 37.5. The smallest absolute Gasteiger partial charge is 0.0705 e. The number of hydrogen-bond acceptors (Lipinski definition) is 3. The van der Waals surface area contributed by atoms with Gasteiger partial charge in [-0.15, -0.1) is 0 Å². The quantitative estimate of drug-likeness (QED) is 0.103. The molecule has 0 saturated heterocycles. The van der Waals surface area contributed by atoms with Crippen LogP contribution >= 0.6 is 0 Å². The van der Waals surface area contributed by atoms with Gasteiger partial charge in [0.2, 0.25) is 0 Å². The van der Waals surface area contributed by atoms with Crippen molar-refractivity contribution in [1.29, 1.82) is 0 Å². The van der Waals surface area contributed by atoms with E-state index in [9.17, 15) is 0 Å². The molecule has 0 aliphatic carbocycles. The molecule has 0 unspecified atom stereocenters. The number of hydrogen-bond donors (Lipinski definition) is 0. The molecule has 6 aromatic heterocycles. The van der Waals surface area contributed by atoms with Gasteiger partial charge in [-0.05, 0) is 244 Å². The van der Waals surface area contributed by atoms with Crippen LogP contribution < -0.4 is 0 Å². The van der Waals surface area contributed by atoms with E-state index in [0.717, 1.165) is 151 Å². The highest BCUT2D eigenvalue weighted by atomic mass is 15.0. The van der Waals surface area contributed by atoms with E-state index in [1.807, 2.05) is 18.6 Å². The van der Waals surface area contributed by atoms with Gasteiger partial charge in [0.05, 0.1) is 67.2 Å². The molecule has 16 aromatic carbocycles. The highest BCUT2D eigenvalue weighted by molar-refractivity contribution is 6.15. The molecule has 0 radical (unpaired) electrons. The third kappa shape index (κ3) is 14.4. The lowest BCUT2D eigenvalue weighted by molar-refractivity contribution is 0.589. The minimum absolute atomic E-state index is 0.106. The Balaban J connectivity index is 0.808. The molecule has 0 aliphatic rings. The van der Waals surface area contributed by atoms with Gasteiger partial charge in [0.25, 0.3) is 0 Å². The predicted molar refractivity (Wildman–Crippen MR) is 544 cm³/mol. The lowest BCUT2D eigenvalue weighted by Gasteiger charge is -2.22. The van der Waals surface area contributed by atoms with E-state index in [1.165, 1.54) is 82.4 Å². The Morgan fingerprint density at radius 1 is 0.163 bits per heavy atom. The summed E-state index contributed by atoms with van der Waals surface area (Å²) < 4.78 is 7.53. The third-order valence-electron chi connectivity index (χ3n) is 26.3. The summed E-state index contributed by atoms with van der Waals surface area (Å²) in [7, 11) is 0. The number of pyridine rings is 3. The van der Waals surface area contributed by atoms with Crippen LogP contribution in [0.3, 0.4) is 0 Å². The second kappa shape index (κ2) is 31.8. The van der Waals surface area contributed by atoms with E-state index < -0.39 is 0 Å². The Morgan fingerprint density at radius 3 is 0.682 bits per heavy atom. The molecular formula is C123H96N6. The number of fused-ring (bicyclic) bond motifs is 9. The average Bonchev–Trinajstić information content (AvgIpc) is 1.59. The molecule has 0 bridgehead atoms. The summed E-state index contributed by atoms with van der Waals surface area (Å²) >= 11 is 0. The van der Waals surface area contributed by atoms with Gasteiger partial charge in [-0.3, -0.25) is 15.0 Å². The fraction of sp³-hybridized carbons (Fsp3) is 0.0976. The summed E-state index contributed by atoms with van der Waals surface area (Å²) in [5.41, 5.74) is 38.9. The SMILES string of the molecule is CC(C)(C)c1ccnc(-c2ccc(-c3ccccc3-c3cc(-c4ccccc4-c4ccc(-c5cc(C(C)(C)C)ccn5)cc4-n4c5ccccc5c5cc(-c6ccccc6)ccc54)cc(-c4ccccc4-c4ccc(-c5cc(C(C)(C)C)ccn5)cc4-n4c5ccccc5c5cc(-c6ccccc6)ccc54)c3)c(-n3c4ccccc4c4cc(-c5ccccc5)ccc43)c2)c1. The molecule has 129 heavy (non-hydrogen) atoms. The number of rotatable bonds is 15. The zero-order chi connectivity index (χ0) is 87.4.